The molecule has 4 aromatic carbocycles. The molecule has 0 saturated heterocycles. The highest BCUT2D eigenvalue weighted by Crippen LogP contribution is 2.35. The standard InChI is InChI=1S/C33H27F6N2O4/c1-20-16-24(40)7-10-27(20)28-11-8-25(41)17-22(28)19-44-31(42)13-4-21-2-5-23(6-3-21)33(38,39)45-30-12-9-26(18-29(30)34)43-15-14-32(35,36)37/h2-13,16-18H,1,14-15,19,40-41H2/b13-4+. The lowest BCUT2D eigenvalue weighted by molar-refractivity contribution is -0.187. The van der Waals surface area contributed by atoms with Crippen molar-refractivity contribution in [3.8, 4) is 22.6 Å². The van der Waals surface area contributed by atoms with Gasteiger partial charge in [-0.1, -0.05) is 24.3 Å². The number of rotatable bonds is 11. The van der Waals surface area contributed by atoms with Crippen LogP contribution in [0.1, 0.15) is 28.7 Å². The number of esters is 1. The van der Waals surface area contributed by atoms with E-state index in [1.54, 1.807) is 36.4 Å². The highest BCUT2D eigenvalue weighted by Gasteiger charge is 2.35. The fourth-order valence-electron chi connectivity index (χ4n) is 4.16. The van der Waals surface area contributed by atoms with Crippen LogP contribution in [0.3, 0.4) is 0 Å². The van der Waals surface area contributed by atoms with Gasteiger partial charge in [-0.2, -0.15) is 22.0 Å². The Hall–Kier alpha value is -5.13. The molecule has 0 aromatic heterocycles. The van der Waals surface area contributed by atoms with Gasteiger partial charge in [0.1, 0.15) is 12.4 Å². The normalized spacial score (nSPS) is 11.9. The average molecular weight is 630 g/mol. The number of nitrogens with two attached hydrogens (primary N) is 2. The van der Waals surface area contributed by atoms with Gasteiger partial charge in [0, 0.05) is 23.5 Å². The summed E-state index contributed by atoms with van der Waals surface area (Å²) in [6.45, 7) is 3.14. The highest BCUT2D eigenvalue weighted by atomic mass is 19.4. The zero-order chi connectivity index (χ0) is 32.8. The minimum Gasteiger partial charge on any atom is -0.493 e. The number of halogens is 6. The van der Waals surface area contributed by atoms with Crippen LogP contribution in [0.15, 0.2) is 84.9 Å². The van der Waals surface area contributed by atoms with Gasteiger partial charge in [-0.25, -0.2) is 9.18 Å². The van der Waals surface area contributed by atoms with Crippen molar-refractivity contribution in [3.05, 3.63) is 120 Å². The highest BCUT2D eigenvalue weighted by molar-refractivity contribution is 5.87. The van der Waals surface area contributed by atoms with Crippen molar-refractivity contribution in [2.45, 2.75) is 25.3 Å². The van der Waals surface area contributed by atoms with Gasteiger partial charge in [-0.05, 0) is 89.3 Å². The Morgan fingerprint density at radius 3 is 2.16 bits per heavy atom. The first-order valence-corrected chi connectivity index (χ1v) is 13.3. The van der Waals surface area contributed by atoms with Crippen LogP contribution in [-0.4, -0.2) is 18.8 Å². The number of carbonyl (C=O) groups is 1. The van der Waals surface area contributed by atoms with Gasteiger partial charge in [0.05, 0.1) is 18.6 Å². The van der Waals surface area contributed by atoms with Gasteiger partial charge in [0.25, 0.3) is 0 Å². The lowest BCUT2D eigenvalue weighted by Crippen LogP contribution is -2.22. The Morgan fingerprint density at radius 1 is 0.844 bits per heavy atom. The Kier molecular flexibility index (Phi) is 9.95. The second-order valence-corrected chi connectivity index (χ2v) is 9.82. The number of nitrogen functional groups attached to an aromatic ring is 2. The van der Waals surface area contributed by atoms with Crippen molar-refractivity contribution in [2.24, 2.45) is 0 Å². The van der Waals surface area contributed by atoms with Crippen LogP contribution >= 0.6 is 0 Å². The van der Waals surface area contributed by atoms with E-state index in [0.717, 1.165) is 41.5 Å². The van der Waals surface area contributed by atoms with Crippen molar-refractivity contribution in [2.75, 3.05) is 18.1 Å². The van der Waals surface area contributed by atoms with Crippen molar-refractivity contribution < 1.29 is 45.3 Å². The van der Waals surface area contributed by atoms with E-state index < -0.39 is 48.4 Å². The maximum Gasteiger partial charge on any atom is 0.426 e. The minimum absolute atomic E-state index is 0.104. The maximum absolute atomic E-state index is 14.7. The average Bonchev–Trinajstić information content (AvgIpc) is 2.96. The monoisotopic (exact) mass is 629 g/mol. The lowest BCUT2D eigenvalue weighted by Gasteiger charge is -2.19. The third-order valence-electron chi connectivity index (χ3n) is 6.37. The van der Waals surface area contributed by atoms with Gasteiger partial charge in [-0.15, -0.1) is 0 Å². The fraction of sp³-hybridized carbons (Fsp3) is 0.152. The van der Waals surface area contributed by atoms with Crippen LogP contribution in [0.2, 0.25) is 0 Å². The molecule has 6 nitrogen and oxygen atoms in total. The number of anilines is 2. The van der Waals surface area contributed by atoms with Crippen LogP contribution < -0.4 is 20.9 Å². The summed E-state index contributed by atoms with van der Waals surface area (Å²) in [6.07, 6.45) is -7.20. The molecule has 0 unspecified atom stereocenters. The lowest BCUT2D eigenvalue weighted by atomic mass is 9.95. The van der Waals surface area contributed by atoms with Crippen LogP contribution in [0, 0.1) is 12.7 Å². The van der Waals surface area contributed by atoms with Crippen molar-refractivity contribution in [1.82, 2.24) is 0 Å². The molecule has 0 aliphatic rings. The van der Waals surface area contributed by atoms with E-state index in [1.165, 1.54) is 18.2 Å². The number of alkyl halides is 5. The molecular weight excluding hydrogens is 602 g/mol. The van der Waals surface area contributed by atoms with Crippen LogP contribution in [0.4, 0.5) is 37.7 Å². The summed E-state index contributed by atoms with van der Waals surface area (Å²) in [5, 5.41) is 0. The molecule has 4 rings (SSSR count). The smallest absolute Gasteiger partial charge is 0.426 e. The second-order valence-electron chi connectivity index (χ2n) is 9.82. The molecule has 0 spiro atoms. The van der Waals surface area contributed by atoms with Gasteiger partial charge in [0.15, 0.2) is 11.6 Å². The van der Waals surface area contributed by atoms with E-state index in [1.807, 2.05) is 0 Å². The number of benzene rings is 4. The van der Waals surface area contributed by atoms with Crippen LogP contribution in [0.25, 0.3) is 17.2 Å². The molecule has 0 fully saturated rings. The first-order valence-electron chi connectivity index (χ1n) is 13.3. The molecule has 0 amide bonds. The zero-order valence-corrected chi connectivity index (χ0v) is 23.5. The van der Waals surface area contributed by atoms with Gasteiger partial charge in [-0.3, -0.25) is 0 Å². The van der Waals surface area contributed by atoms with Gasteiger partial charge < -0.3 is 25.7 Å². The first-order chi connectivity index (χ1) is 21.2. The quantitative estimate of drug-likeness (QED) is 0.0754. The van der Waals surface area contributed by atoms with Gasteiger partial charge in [0.2, 0.25) is 0 Å². The number of carbonyl (C=O) groups excluding carboxylic acids is 1. The summed E-state index contributed by atoms with van der Waals surface area (Å²) < 4.78 is 95.2. The van der Waals surface area contributed by atoms with E-state index in [0.29, 0.717) is 34.1 Å². The molecule has 1 radical (unpaired) electrons. The number of hydrogen-bond donors (Lipinski definition) is 2. The van der Waals surface area contributed by atoms with E-state index >= 15 is 0 Å². The molecular formula is C33H27F6N2O4. The molecule has 0 aliphatic carbocycles. The molecule has 4 aromatic rings. The largest absolute Gasteiger partial charge is 0.493 e. The SMILES string of the molecule is [CH2]c1cc(N)ccc1-c1ccc(N)cc1COC(=O)/C=C/c1ccc(C(F)(F)Oc2ccc(OCCC(F)(F)F)cc2F)cc1. The molecule has 0 saturated carbocycles. The number of ether oxygens (including phenoxy) is 3. The van der Waals surface area contributed by atoms with E-state index in [9.17, 15) is 31.1 Å². The Balaban J connectivity index is 1.36. The van der Waals surface area contributed by atoms with Crippen molar-refractivity contribution in [1.29, 1.82) is 0 Å². The second kappa shape index (κ2) is 13.7. The summed E-state index contributed by atoms with van der Waals surface area (Å²) in [5.74, 6) is -3.05. The summed E-state index contributed by atoms with van der Waals surface area (Å²) in [7, 11) is 0. The van der Waals surface area contributed by atoms with E-state index in [-0.39, 0.29) is 12.4 Å². The summed E-state index contributed by atoms with van der Waals surface area (Å²) >= 11 is 0. The Bertz CT molecular complexity index is 1690. The summed E-state index contributed by atoms with van der Waals surface area (Å²) in [5.41, 5.74) is 15.4. The molecule has 4 N–H and O–H groups in total. The third kappa shape index (κ3) is 9.18. The Labute approximate surface area is 254 Å². The molecule has 12 heteroatoms. The number of hydrogen-bond acceptors (Lipinski definition) is 6. The summed E-state index contributed by atoms with van der Waals surface area (Å²) in [4.78, 5) is 12.4. The van der Waals surface area contributed by atoms with E-state index in [4.69, 9.17) is 20.9 Å². The third-order valence-corrected chi connectivity index (χ3v) is 6.37. The molecule has 0 heterocycles. The predicted octanol–water partition coefficient (Wildman–Crippen LogP) is 8.06. The predicted molar refractivity (Wildman–Crippen MR) is 158 cm³/mol. The summed E-state index contributed by atoms with van der Waals surface area (Å²) in [6, 6.07) is 17.6. The van der Waals surface area contributed by atoms with Crippen molar-refractivity contribution >= 4 is 23.4 Å². The van der Waals surface area contributed by atoms with Gasteiger partial charge >= 0.3 is 18.3 Å². The molecule has 45 heavy (non-hydrogen) atoms. The van der Waals surface area contributed by atoms with Crippen molar-refractivity contribution in [3.63, 3.8) is 0 Å². The Morgan fingerprint density at radius 2 is 1.51 bits per heavy atom. The van der Waals surface area contributed by atoms with Crippen LogP contribution in [0.5, 0.6) is 11.5 Å². The van der Waals surface area contributed by atoms with Crippen LogP contribution in [-0.2, 0) is 22.2 Å². The fourth-order valence-corrected chi connectivity index (χ4v) is 4.16. The molecule has 0 atom stereocenters. The molecule has 0 bridgehead atoms. The molecule has 235 valence electrons. The maximum atomic E-state index is 14.7. The minimum atomic E-state index is -4.46. The van der Waals surface area contributed by atoms with E-state index in [2.05, 4.69) is 11.7 Å². The topological polar surface area (TPSA) is 96.8 Å². The zero-order valence-electron chi connectivity index (χ0n) is 23.5. The molecule has 0 aliphatic heterocycles. The first kappa shape index (κ1) is 32.8.